The standard InChI is InChI=1S/C22H27F3N4O2/c1-14(2)9-19(30)29-13-21(11-18(29)20(27)31)5-7-28(8-6-21)16-4-3-15(12-26)17(10-16)22(23,24)25/h3-4,10,14,18H,5-9,11,13H2,1-2H3,(H2,27,31). The van der Waals surface area contributed by atoms with Crippen molar-refractivity contribution in [2.24, 2.45) is 17.1 Å². The number of piperidine rings is 1. The number of alkyl halides is 3. The molecule has 0 aliphatic carbocycles. The molecular weight excluding hydrogens is 409 g/mol. The van der Waals surface area contributed by atoms with Crippen LogP contribution in [0, 0.1) is 22.7 Å². The van der Waals surface area contributed by atoms with Crippen molar-refractivity contribution in [2.45, 2.75) is 51.7 Å². The Kier molecular flexibility index (Phi) is 6.21. The van der Waals surface area contributed by atoms with Gasteiger partial charge < -0.3 is 15.5 Å². The number of anilines is 1. The first kappa shape index (κ1) is 22.9. The Labute approximate surface area is 179 Å². The highest BCUT2D eigenvalue weighted by atomic mass is 19.4. The molecule has 6 nitrogen and oxygen atoms in total. The van der Waals surface area contributed by atoms with Crippen LogP contribution < -0.4 is 10.6 Å². The summed E-state index contributed by atoms with van der Waals surface area (Å²) in [6.45, 7) is 5.32. The van der Waals surface area contributed by atoms with Gasteiger partial charge in [0.25, 0.3) is 0 Å². The Hall–Kier alpha value is -2.76. The minimum absolute atomic E-state index is 0.0833. The van der Waals surface area contributed by atoms with Crippen molar-refractivity contribution in [3.8, 4) is 6.07 Å². The number of carbonyl (C=O) groups excluding carboxylic acids is 2. The van der Waals surface area contributed by atoms with Crippen LogP contribution in [0.2, 0.25) is 0 Å². The minimum Gasteiger partial charge on any atom is -0.371 e. The number of nitriles is 1. The summed E-state index contributed by atoms with van der Waals surface area (Å²) in [5, 5.41) is 8.98. The largest absolute Gasteiger partial charge is 0.417 e. The molecule has 0 aromatic heterocycles. The minimum atomic E-state index is -4.60. The molecule has 31 heavy (non-hydrogen) atoms. The number of hydrogen-bond acceptors (Lipinski definition) is 4. The van der Waals surface area contributed by atoms with E-state index >= 15 is 0 Å². The lowest BCUT2D eigenvalue weighted by atomic mass is 9.76. The fourth-order valence-corrected chi connectivity index (χ4v) is 4.70. The number of rotatable bonds is 4. The van der Waals surface area contributed by atoms with E-state index in [4.69, 9.17) is 11.0 Å². The molecule has 0 radical (unpaired) electrons. The predicted octanol–water partition coefficient (Wildman–Crippen LogP) is 3.30. The van der Waals surface area contributed by atoms with E-state index in [0.717, 1.165) is 6.07 Å². The third kappa shape index (κ3) is 4.78. The Bertz CT molecular complexity index is 899. The van der Waals surface area contributed by atoms with Crippen molar-refractivity contribution in [3.05, 3.63) is 29.3 Å². The van der Waals surface area contributed by atoms with Gasteiger partial charge in [0.15, 0.2) is 0 Å². The molecule has 2 aliphatic heterocycles. The molecule has 1 aromatic carbocycles. The average Bonchev–Trinajstić information content (AvgIpc) is 3.07. The van der Waals surface area contributed by atoms with E-state index in [9.17, 15) is 22.8 Å². The molecule has 1 unspecified atom stereocenters. The third-order valence-corrected chi connectivity index (χ3v) is 6.36. The lowest BCUT2D eigenvalue weighted by Crippen LogP contribution is -2.44. The molecule has 2 amide bonds. The number of nitrogens with zero attached hydrogens (tertiary/aromatic N) is 3. The Morgan fingerprint density at radius 2 is 1.94 bits per heavy atom. The van der Waals surface area contributed by atoms with E-state index in [1.807, 2.05) is 18.7 Å². The summed E-state index contributed by atoms with van der Waals surface area (Å²) < 4.78 is 39.9. The number of benzene rings is 1. The van der Waals surface area contributed by atoms with Crippen molar-refractivity contribution in [2.75, 3.05) is 24.5 Å². The number of carbonyl (C=O) groups is 2. The van der Waals surface area contributed by atoms with Gasteiger partial charge in [0.05, 0.1) is 17.2 Å². The van der Waals surface area contributed by atoms with Crippen molar-refractivity contribution in [3.63, 3.8) is 0 Å². The van der Waals surface area contributed by atoms with Gasteiger partial charge in [0, 0.05) is 31.7 Å². The van der Waals surface area contributed by atoms with E-state index < -0.39 is 29.3 Å². The molecule has 9 heteroatoms. The average molecular weight is 436 g/mol. The molecule has 2 N–H and O–H groups in total. The lowest BCUT2D eigenvalue weighted by Gasteiger charge is -2.40. The SMILES string of the molecule is CC(C)CC(=O)N1CC2(CCN(c3ccc(C#N)c(C(F)(F)F)c3)CC2)CC1C(N)=O. The molecule has 1 atom stereocenters. The monoisotopic (exact) mass is 436 g/mol. The van der Waals surface area contributed by atoms with Gasteiger partial charge in [-0.05, 0) is 48.8 Å². The molecule has 2 fully saturated rings. The smallest absolute Gasteiger partial charge is 0.371 e. The highest BCUT2D eigenvalue weighted by molar-refractivity contribution is 5.87. The summed E-state index contributed by atoms with van der Waals surface area (Å²) in [7, 11) is 0. The van der Waals surface area contributed by atoms with E-state index in [-0.39, 0.29) is 17.2 Å². The summed E-state index contributed by atoms with van der Waals surface area (Å²) >= 11 is 0. The molecule has 2 saturated heterocycles. The van der Waals surface area contributed by atoms with Gasteiger partial charge >= 0.3 is 6.18 Å². The first-order valence-electron chi connectivity index (χ1n) is 10.4. The summed E-state index contributed by atoms with van der Waals surface area (Å²) in [4.78, 5) is 28.1. The van der Waals surface area contributed by atoms with Crippen LogP contribution in [0.5, 0.6) is 0 Å². The highest BCUT2D eigenvalue weighted by Gasteiger charge is 2.49. The zero-order chi connectivity index (χ0) is 23.0. The zero-order valence-corrected chi connectivity index (χ0v) is 17.7. The van der Waals surface area contributed by atoms with Gasteiger partial charge in [0.1, 0.15) is 6.04 Å². The van der Waals surface area contributed by atoms with Crippen LogP contribution in [0.4, 0.5) is 18.9 Å². The van der Waals surface area contributed by atoms with Gasteiger partial charge in [-0.2, -0.15) is 18.4 Å². The fourth-order valence-electron chi connectivity index (χ4n) is 4.70. The number of hydrogen-bond donors (Lipinski definition) is 1. The van der Waals surface area contributed by atoms with Gasteiger partial charge in [-0.3, -0.25) is 9.59 Å². The van der Waals surface area contributed by atoms with Gasteiger partial charge in [0.2, 0.25) is 11.8 Å². The fraction of sp³-hybridized carbons (Fsp3) is 0.591. The quantitative estimate of drug-likeness (QED) is 0.784. The maximum atomic E-state index is 13.3. The molecule has 0 saturated carbocycles. The molecule has 2 heterocycles. The molecule has 1 aromatic rings. The molecular formula is C22H27F3N4O2. The summed E-state index contributed by atoms with van der Waals surface area (Å²) in [6.07, 6.45) is -2.48. The summed E-state index contributed by atoms with van der Waals surface area (Å²) in [5.41, 5.74) is 4.39. The topological polar surface area (TPSA) is 90.4 Å². The summed E-state index contributed by atoms with van der Waals surface area (Å²) in [5.74, 6) is -0.433. The van der Waals surface area contributed by atoms with Crippen LogP contribution in [0.3, 0.4) is 0 Å². The Morgan fingerprint density at radius 1 is 1.29 bits per heavy atom. The van der Waals surface area contributed by atoms with Crippen molar-refractivity contribution >= 4 is 17.5 Å². The summed E-state index contributed by atoms with van der Waals surface area (Å²) in [6, 6.07) is 4.72. The van der Waals surface area contributed by atoms with Crippen molar-refractivity contribution < 1.29 is 22.8 Å². The number of likely N-dealkylation sites (tertiary alicyclic amines) is 1. The number of nitrogens with two attached hydrogens (primary N) is 1. The van der Waals surface area contributed by atoms with Gasteiger partial charge in [-0.1, -0.05) is 13.8 Å². The highest BCUT2D eigenvalue weighted by Crippen LogP contribution is 2.45. The number of primary amides is 1. The third-order valence-electron chi connectivity index (χ3n) is 6.36. The van der Waals surface area contributed by atoms with Crippen LogP contribution in [-0.2, 0) is 15.8 Å². The predicted molar refractivity (Wildman–Crippen MR) is 109 cm³/mol. The van der Waals surface area contributed by atoms with E-state index in [0.29, 0.717) is 51.0 Å². The second kappa shape index (κ2) is 8.40. The lowest BCUT2D eigenvalue weighted by molar-refractivity contribution is -0.138. The first-order chi connectivity index (χ1) is 14.5. The normalized spacial score (nSPS) is 20.9. The second-order valence-corrected chi connectivity index (χ2v) is 9.07. The Morgan fingerprint density at radius 3 is 2.45 bits per heavy atom. The maximum Gasteiger partial charge on any atom is 0.417 e. The zero-order valence-electron chi connectivity index (χ0n) is 17.7. The van der Waals surface area contributed by atoms with E-state index in [1.165, 1.54) is 12.1 Å². The molecule has 1 spiro atoms. The van der Waals surface area contributed by atoms with E-state index in [1.54, 1.807) is 11.0 Å². The van der Waals surface area contributed by atoms with Crippen LogP contribution in [0.15, 0.2) is 18.2 Å². The van der Waals surface area contributed by atoms with Gasteiger partial charge in [-0.25, -0.2) is 0 Å². The second-order valence-electron chi connectivity index (χ2n) is 9.07. The van der Waals surface area contributed by atoms with Crippen LogP contribution in [-0.4, -0.2) is 42.4 Å². The molecule has 0 bridgehead atoms. The van der Waals surface area contributed by atoms with Crippen LogP contribution in [0.25, 0.3) is 0 Å². The van der Waals surface area contributed by atoms with Gasteiger partial charge in [-0.15, -0.1) is 0 Å². The van der Waals surface area contributed by atoms with E-state index in [2.05, 4.69) is 0 Å². The Balaban J connectivity index is 1.75. The molecule has 3 rings (SSSR count). The van der Waals surface area contributed by atoms with Crippen LogP contribution in [0.1, 0.15) is 50.7 Å². The molecule has 2 aliphatic rings. The first-order valence-corrected chi connectivity index (χ1v) is 10.4. The van der Waals surface area contributed by atoms with Crippen molar-refractivity contribution in [1.82, 2.24) is 4.90 Å². The number of amides is 2. The van der Waals surface area contributed by atoms with Crippen LogP contribution >= 0.6 is 0 Å². The maximum absolute atomic E-state index is 13.3. The van der Waals surface area contributed by atoms with Crippen molar-refractivity contribution in [1.29, 1.82) is 5.26 Å². The molecule has 168 valence electrons. The number of halogens is 3.